The van der Waals surface area contributed by atoms with Gasteiger partial charge >= 0.3 is 5.97 Å². The number of carbonyl (C=O) groups is 1. The van der Waals surface area contributed by atoms with Crippen LogP contribution in [0.15, 0.2) is 48.7 Å². The van der Waals surface area contributed by atoms with Crippen molar-refractivity contribution in [1.82, 2.24) is 19.7 Å². The molecular weight excluding hydrogens is 540 g/mol. The minimum absolute atomic E-state index is 0.282. The van der Waals surface area contributed by atoms with Gasteiger partial charge in [0.05, 0.1) is 23.4 Å². The lowest BCUT2D eigenvalue weighted by Gasteiger charge is -2.32. The maximum absolute atomic E-state index is 13.1. The lowest BCUT2D eigenvalue weighted by atomic mass is 9.81. The first-order valence-electron chi connectivity index (χ1n) is 15.8. The molecule has 4 aromatic rings. The van der Waals surface area contributed by atoms with Gasteiger partial charge in [0.1, 0.15) is 5.82 Å². The van der Waals surface area contributed by atoms with Crippen LogP contribution in [0.4, 0.5) is 11.5 Å². The van der Waals surface area contributed by atoms with Gasteiger partial charge in [0.15, 0.2) is 11.3 Å². The molecular formula is C34H40N6O3. The van der Waals surface area contributed by atoms with E-state index < -0.39 is 5.97 Å². The van der Waals surface area contributed by atoms with E-state index in [1.165, 1.54) is 24.9 Å². The summed E-state index contributed by atoms with van der Waals surface area (Å²) in [6, 6.07) is 15.0. The molecule has 9 heteroatoms. The van der Waals surface area contributed by atoms with Crippen LogP contribution in [-0.2, 0) is 9.47 Å². The predicted molar refractivity (Wildman–Crippen MR) is 168 cm³/mol. The first kappa shape index (κ1) is 27.8. The number of carbonyl (C=O) groups excluding carboxylic acids is 1. The fraction of sp³-hybridized carbons (Fsp3) is 0.471. The first-order chi connectivity index (χ1) is 21.1. The topological polar surface area (TPSA) is 85.6 Å². The highest BCUT2D eigenvalue weighted by molar-refractivity contribution is 6.00. The van der Waals surface area contributed by atoms with Gasteiger partial charge in [-0.1, -0.05) is 12.5 Å². The van der Waals surface area contributed by atoms with Crippen LogP contribution in [0.2, 0.25) is 0 Å². The SMILES string of the molecule is CCOC(=O)c1cc(-c2ccc(N(C)C3CCOCC3)nc2)c2c(C3CCC3)nn(-c3cccc(N4CCCC4)c3)c2n1. The molecule has 0 spiro atoms. The molecule has 3 aromatic heterocycles. The highest BCUT2D eigenvalue weighted by atomic mass is 16.5. The second-order valence-electron chi connectivity index (χ2n) is 12.0. The van der Waals surface area contributed by atoms with Crippen LogP contribution in [0.3, 0.4) is 0 Å². The highest BCUT2D eigenvalue weighted by Crippen LogP contribution is 2.43. The van der Waals surface area contributed by atoms with Crippen LogP contribution in [0.1, 0.15) is 74.0 Å². The van der Waals surface area contributed by atoms with Crippen LogP contribution >= 0.6 is 0 Å². The summed E-state index contributed by atoms with van der Waals surface area (Å²) in [6.07, 6.45) is 9.75. The van der Waals surface area contributed by atoms with Gasteiger partial charge in [-0.25, -0.2) is 19.4 Å². The average molecular weight is 581 g/mol. The molecule has 0 unspecified atom stereocenters. The number of rotatable bonds is 8. The summed E-state index contributed by atoms with van der Waals surface area (Å²) in [7, 11) is 2.11. The molecule has 0 amide bonds. The molecule has 1 aromatic carbocycles. The number of fused-ring (bicyclic) bond motifs is 1. The number of pyridine rings is 2. The van der Waals surface area contributed by atoms with Crippen molar-refractivity contribution < 1.29 is 14.3 Å². The van der Waals surface area contributed by atoms with E-state index in [1.54, 1.807) is 0 Å². The molecule has 2 saturated heterocycles. The molecule has 43 heavy (non-hydrogen) atoms. The van der Waals surface area contributed by atoms with E-state index >= 15 is 0 Å². The van der Waals surface area contributed by atoms with Crippen LogP contribution in [0, 0.1) is 0 Å². The summed E-state index contributed by atoms with van der Waals surface area (Å²) in [5, 5.41) is 6.23. The van der Waals surface area contributed by atoms with E-state index in [1.807, 2.05) is 23.9 Å². The Morgan fingerprint density at radius 1 is 1.02 bits per heavy atom. The molecule has 9 nitrogen and oxygen atoms in total. The number of aromatic nitrogens is 4. The van der Waals surface area contributed by atoms with Crippen molar-refractivity contribution in [3.05, 3.63) is 60.0 Å². The molecule has 0 atom stereocenters. The summed E-state index contributed by atoms with van der Waals surface area (Å²) in [5.74, 6) is 0.866. The number of hydrogen-bond acceptors (Lipinski definition) is 8. The highest BCUT2D eigenvalue weighted by Gasteiger charge is 2.30. The van der Waals surface area contributed by atoms with Crippen molar-refractivity contribution in [3.63, 3.8) is 0 Å². The molecule has 1 saturated carbocycles. The Balaban J connectivity index is 1.36. The van der Waals surface area contributed by atoms with Gasteiger partial charge in [0.25, 0.3) is 0 Å². The lowest BCUT2D eigenvalue weighted by Crippen LogP contribution is -2.37. The summed E-state index contributed by atoms with van der Waals surface area (Å²) in [6.45, 7) is 5.81. The van der Waals surface area contributed by atoms with Crippen molar-refractivity contribution in [2.24, 2.45) is 0 Å². The number of nitrogens with zero attached hydrogens (tertiary/aromatic N) is 6. The number of ether oxygens (including phenoxy) is 2. The lowest BCUT2D eigenvalue weighted by molar-refractivity contribution is 0.0520. The van der Waals surface area contributed by atoms with Crippen LogP contribution in [-0.4, -0.2) is 71.7 Å². The standard InChI is InChI=1S/C34H40N6O3/c1-3-43-34(41)29-21-28(24-12-13-30(35-22-24)38(2)25-14-18-42-19-15-25)31-32(23-8-6-9-23)37-40(33(31)36-29)27-11-7-10-26(20-27)39-16-4-5-17-39/h7,10-13,20-23,25H,3-6,8-9,14-19H2,1-2H3. The van der Waals surface area contributed by atoms with Gasteiger partial charge in [-0.2, -0.15) is 5.10 Å². The fourth-order valence-electron chi connectivity index (χ4n) is 6.64. The minimum atomic E-state index is -0.432. The third-order valence-electron chi connectivity index (χ3n) is 9.35. The zero-order valence-corrected chi connectivity index (χ0v) is 25.2. The van der Waals surface area contributed by atoms with Crippen molar-refractivity contribution in [3.8, 4) is 16.8 Å². The minimum Gasteiger partial charge on any atom is -0.461 e. The quantitative estimate of drug-likeness (QED) is 0.230. The number of esters is 1. The molecule has 0 N–H and O–H groups in total. The van der Waals surface area contributed by atoms with Crippen LogP contribution < -0.4 is 9.80 Å². The molecule has 3 fully saturated rings. The van der Waals surface area contributed by atoms with E-state index in [0.717, 1.165) is 85.7 Å². The summed E-state index contributed by atoms with van der Waals surface area (Å²) in [4.78, 5) is 27.6. The van der Waals surface area contributed by atoms with Crippen molar-refractivity contribution >= 4 is 28.5 Å². The Morgan fingerprint density at radius 2 is 1.81 bits per heavy atom. The number of hydrogen-bond donors (Lipinski definition) is 0. The average Bonchev–Trinajstić information content (AvgIpc) is 3.70. The van der Waals surface area contributed by atoms with E-state index in [9.17, 15) is 4.79 Å². The fourth-order valence-corrected chi connectivity index (χ4v) is 6.64. The Kier molecular flexibility index (Phi) is 7.74. The molecule has 3 aliphatic rings. The molecule has 224 valence electrons. The molecule has 0 radical (unpaired) electrons. The van der Waals surface area contributed by atoms with Gasteiger partial charge in [-0.15, -0.1) is 0 Å². The molecule has 5 heterocycles. The van der Waals surface area contributed by atoms with Gasteiger partial charge in [-0.05, 0) is 87.4 Å². The Labute approximate surface area is 252 Å². The number of anilines is 2. The molecule has 1 aliphatic carbocycles. The van der Waals surface area contributed by atoms with Gasteiger partial charge in [0, 0.05) is 62.8 Å². The van der Waals surface area contributed by atoms with Gasteiger partial charge < -0.3 is 19.3 Å². The maximum Gasteiger partial charge on any atom is 0.357 e. The van der Waals surface area contributed by atoms with Crippen molar-refractivity contribution in [2.75, 3.05) is 49.8 Å². The van der Waals surface area contributed by atoms with Crippen molar-refractivity contribution in [1.29, 1.82) is 0 Å². The van der Waals surface area contributed by atoms with E-state index in [4.69, 9.17) is 24.5 Å². The van der Waals surface area contributed by atoms with Crippen molar-refractivity contribution in [2.45, 2.75) is 63.8 Å². The van der Waals surface area contributed by atoms with E-state index in [-0.39, 0.29) is 12.3 Å². The Hall–Kier alpha value is -3.98. The molecule has 2 aliphatic heterocycles. The van der Waals surface area contributed by atoms with Gasteiger partial charge in [0.2, 0.25) is 0 Å². The zero-order chi connectivity index (χ0) is 29.3. The third kappa shape index (κ3) is 5.35. The van der Waals surface area contributed by atoms with Gasteiger partial charge in [-0.3, -0.25) is 0 Å². The third-order valence-corrected chi connectivity index (χ3v) is 9.35. The normalized spacial score (nSPS) is 17.8. The van der Waals surface area contributed by atoms with E-state index in [2.05, 4.69) is 53.2 Å². The van der Waals surface area contributed by atoms with E-state index in [0.29, 0.717) is 17.6 Å². The first-order valence-corrected chi connectivity index (χ1v) is 15.8. The smallest absolute Gasteiger partial charge is 0.357 e. The summed E-state index contributed by atoms with van der Waals surface area (Å²) >= 11 is 0. The largest absolute Gasteiger partial charge is 0.461 e. The zero-order valence-electron chi connectivity index (χ0n) is 25.2. The molecule has 0 bridgehead atoms. The van der Waals surface area contributed by atoms with Crippen LogP contribution in [0.25, 0.3) is 27.8 Å². The Morgan fingerprint density at radius 3 is 2.51 bits per heavy atom. The predicted octanol–water partition coefficient (Wildman–Crippen LogP) is 6.14. The Bertz CT molecular complexity index is 1600. The second kappa shape index (κ2) is 12.0. The van der Waals surface area contributed by atoms with Crippen LogP contribution in [0.5, 0.6) is 0 Å². The summed E-state index contributed by atoms with van der Waals surface area (Å²) < 4.78 is 12.9. The second-order valence-corrected chi connectivity index (χ2v) is 12.0. The maximum atomic E-state index is 13.1. The summed E-state index contributed by atoms with van der Waals surface area (Å²) in [5.41, 5.74) is 6.02. The number of benzene rings is 1. The molecule has 7 rings (SSSR count). The monoisotopic (exact) mass is 580 g/mol.